The Bertz CT molecular complexity index is 792. The van der Waals surface area contributed by atoms with E-state index in [0.29, 0.717) is 31.4 Å². The van der Waals surface area contributed by atoms with Crippen molar-refractivity contribution in [2.24, 2.45) is 4.99 Å². The molecule has 1 fully saturated rings. The van der Waals surface area contributed by atoms with Crippen molar-refractivity contribution in [3.63, 3.8) is 0 Å². The number of carbonyl (C=O) groups excluding carboxylic acids is 1. The molecule has 28 heavy (non-hydrogen) atoms. The van der Waals surface area contributed by atoms with Gasteiger partial charge in [0.2, 0.25) is 5.91 Å². The molecule has 150 valence electrons. The van der Waals surface area contributed by atoms with Crippen LogP contribution in [0.1, 0.15) is 24.4 Å². The lowest BCUT2D eigenvalue weighted by Gasteiger charge is -2.38. The number of guanidine groups is 1. The highest BCUT2D eigenvalue weighted by atomic mass is 19.1. The van der Waals surface area contributed by atoms with Gasteiger partial charge in [0.25, 0.3) is 0 Å². The standard InChI is InChI=1S/C20H25FN4O3/c1-14-12-25(13-18(28-14)15-5-7-16(21)8-6-15)20(22-2)24-11-19(26)23-10-17-4-3-9-27-17/h3-9,14,18H,10-13H2,1-2H3,(H,22,24)(H,23,26). The molecule has 2 unspecified atom stereocenters. The maximum absolute atomic E-state index is 13.2. The van der Waals surface area contributed by atoms with E-state index in [1.54, 1.807) is 37.6 Å². The summed E-state index contributed by atoms with van der Waals surface area (Å²) in [6, 6.07) is 9.90. The Morgan fingerprint density at radius 2 is 2.04 bits per heavy atom. The second-order valence-electron chi connectivity index (χ2n) is 6.65. The molecule has 1 aliphatic rings. The summed E-state index contributed by atoms with van der Waals surface area (Å²) < 4.78 is 24.4. The third-order valence-electron chi connectivity index (χ3n) is 4.46. The van der Waals surface area contributed by atoms with Crippen LogP contribution in [-0.4, -0.2) is 49.6 Å². The first-order chi connectivity index (χ1) is 13.5. The fourth-order valence-electron chi connectivity index (χ4n) is 3.14. The lowest BCUT2D eigenvalue weighted by Crippen LogP contribution is -2.52. The van der Waals surface area contributed by atoms with E-state index >= 15 is 0 Å². The first kappa shape index (κ1) is 19.9. The molecule has 2 aromatic rings. The molecular formula is C20H25FN4O3. The minimum Gasteiger partial charge on any atom is -0.467 e. The van der Waals surface area contributed by atoms with E-state index in [4.69, 9.17) is 9.15 Å². The molecule has 1 aliphatic heterocycles. The summed E-state index contributed by atoms with van der Waals surface area (Å²) in [5, 5.41) is 5.88. The van der Waals surface area contributed by atoms with Crippen LogP contribution >= 0.6 is 0 Å². The first-order valence-corrected chi connectivity index (χ1v) is 9.20. The number of benzene rings is 1. The van der Waals surface area contributed by atoms with E-state index in [9.17, 15) is 9.18 Å². The highest BCUT2D eigenvalue weighted by Gasteiger charge is 2.28. The van der Waals surface area contributed by atoms with Gasteiger partial charge < -0.3 is 24.7 Å². The number of aliphatic imine (C=N–C) groups is 1. The second kappa shape index (κ2) is 9.36. The van der Waals surface area contributed by atoms with E-state index < -0.39 is 0 Å². The smallest absolute Gasteiger partial charge is 0.239 e. The van der Waals surface area contributed by atoms with Gasteiger partial charge in [-0.3, -0.25) is 9.79 Å². The first-order valence-electron chi connectivity index (χ1n) is 9.20. The van der Waals surface area contributed by atoms with E-state index in [2.05, 4.69) is 15.6 Å². The predicted octanol–water partition coefficient (Wildman–Crippen LogP) is 2.07. The van der Waals surface area contributed by atoms with Gasteiger partial charge in [-0.15, -0.1) is 0 Å². The second-order valence-corrected chi connectivity index (χ2v) is 6.65. The van der Waals surface area contributed by atoms with Crippen molar-refractivity contribution >= 4 is 11.9 Å². The molecule has 2 atom stereocenters. The maximum atomic E-state index is 13.2. The van der Waals surface area contributed by atoms with Crippen LogP contribution in [0.15, 0.2) is 52.1 Å². The zero-order valence-electron chi connectivity index (χ0n) is 16.0. The molecule has 2 N–H and O–H groups in total. The van der Waals surface area contributed by atoms with Crippen LogP contribution in [0.3, 0.4) is 0 Å². The van der Waals surface area contributed by atoms with Crippen molar-refractivity contribution in [2.75, 3.05) is 26.7 Å². The molecule has 1 amide bonds. The molecule has 0 saturated carbocycles. The lowest BCUT2D eigenvalue weighted by atomic mass is 10.1. The Balaban J connectivity index is 1.55. The van der Waals surface area contributed by atoms with Crippen molar-refractivity contribution in [2.45, 2.75) is 25.7 Å². The number of morpholine rings is 1. The number of amides is 1. The number of carbonyl (C=O) groups is 1. The van der Waals surface area contributed by atoms with Crippen LogP contribution < -0.4 is 10.6 Å². The summed E-state index contributed by atoms with van der Waals surface area (Å²) >= 11 is 0. The zero-order chi connectivity index (χ0) is 19.9. The van der Waals surface area contributed by atoms with Gasteiger partial charge in [0, 0.05) is 13.6 Å². The average molecular weight is 388 g/mol. The van der Waals surface area contributed by atoms with Gasteiger partial charge in [-0.05, 0) is 36.8 Å². The number of nitrogens with zero attached hydrogens (tertiary/aromatic N) is 2. The summed E-state index contributed by atoms with van der Waals surface area (Å²) in [7, 11) is 1.68. The molecule has 0 spiro atoms. The minimum absolute atomic E-state index is 0.0323. The molecular weight excluding hydrogens is 363 g/mol. The third kappa shape index (κ3) is 5.32. The summed E-state index contributed by atoms with van der Waals surface area (Å²) in [5.41, 5.74) is 0.907. The number of hydrogen-bond acceptors (Lipinski definition) is 4. The summed E-state index contributed by atoms with van der Waals surface area (Å²) in [6.45, 7) is 3.62. The highest BCUT2D eigenvalue weighted by Crippen LogP contribution is 2.25. The average Bonchev–Trinajstić information content (AvgIpc) is 3.20. The lowest BCUT2D eigenvalue weighted by molar-refractivity contribution is -0.120. The largest absolute Gasteiger partial charge is 0.467 e. The molecule has 1 aromatic heterocycles. The van der Waals surface area contributed by atoms with E-state index in [-0.39, 0.29) is 30.5 Å². The Kier molecular flexibility index (Phi) is 6.65. The van der Waals surface area contributed by atoms with Crippen molar-refractivity contribution in [1.29, 1.82) is 0 Å². The molecule has 0 bridgehead atoms. The molecule has 7 nitrogen and oxygen atoms in total. The van der Waals surface area contributed by atoms with Crippen molar-refractivity contribution < 1.29 is 18.3 Å². The van der Waals surface area contributed by atoms with Gasteiger partial charge in [-0.25, -0.2) is 4.39 Å². The van der Waals surface area contributed by atoms with E-state index in [1.807, 2.05) is 11.8 Å². The molecule has 2 heterocycles. The van der Waals surface area contributed by atoms with E-state index in [1.165, 1.54) is 12.1 Å². The van der Waals surface area contributed by atoms with Crippen LogP contribution in [0, 0.1) is 5.82 Å². The van der Waals surface area contributed by atoms with Crippen molar-refractivity contribution in [1.82, 2.24) is 15.5 Å². The summed E-state index contributed by atoms with van der Waals surface area (Å²) in [4.78, 5) is 18.4. The van der Waals surface area contributed by atoms with Gasteiger partial charge in [0.05, 0.1) is 32.0 Å². The quantitative estimate of drug-likeness (QED) is 0.606. The Hall–Kier alpha value is -2.87. The number of ether oxygens (including phenoxy) is 1. The highest BCUT2D eigenvalue weighted by molar-refractivity contribution is 5.86. The molecule has 1 aromatic carbocycles. The van der Waals surface area contributed by atoms with Gasteiger partial charge >= 0.3 is 0 Å². The fourth-order valence-corrected chi connectivity index (χ4v) is 3.14. The number of rotatable bonds is 5. The van der Waals surface area contributed by atoms with Gasteiger partial charge in [0.1, 0.15) is 17.7 Å². The Morgan fingerprint density at radius 3 is 2.71 bits per heavy atom. The molecule has 0 radical (unpaired) electrons. The van der Waals surface area contributed by atoms with Gasteiger partial charge in [-0.1, -0.05) is 12.1 Å². The summed E-state index contributed by atoms with van der Waals surface area (Å²) in [6.07, 6.45) is 1.34. The number of nitrogens with one attached hydrogen (secondary N) is 2. The predicted molar refractivity (Wildman–Crippen MR) is 103 cm³/mol. The Morgan fingerprint density at radius 1 is 1.25 bits per heavy atom. The normalized spacial score (nSPS) is 20.1. The fraction of sp³-hybridized carbons (Fsp3) is 0.400. The monoisotopic (exact) mass is 388 g/mol. The number of furan rings is 1. The van der Waals surface area contributed by atoms with Gasteiger partial charge in [0.15, 0.2) is 5.96 Å². The molecule has 0 aliphatic carbocycles. The van der Waals surface area contributed by atoms with Gasteiger partial charge in [-0.2, -0.15) is 0 Å². The van der Waals surface area contributed by atoms with Crippen molar-refractivity contribution in [3.8, 4) is 0 Å². The molecule has 3 rings (SSSR count). The molecule has 1 saturated heterocycles. The van der Waals surface area contributed by atoms with Crippen LogP contribution in [0.2, 0.25) is 0 Å². The number of halogens is 1. The van der Waals surface area contributed by atoms with Crippen LogP contribution in [0.4, 0.5) is 4.39 Å². The maximum Gasteiger partial charge on any atom is 0.239 e. The van der Waals surface area contributed by atoms with E-state index in [0.717, 1.165) is 5.56 Å². The summed E-state index contributed by atoms with van der Waals surface area (Å²) in [5.74, 6) is 0.883. The Labute approximate surface area is 163 Å². The zero-order valence-corrected chi connectivity index (χ0v) is 16.0. The third-order valence-corrected chi connectivity index (χ3v) is 4.46. The minimum atomic E-state index is -0.275. The van der Waals surface area contributed by atoms with Crippen LogP contribution in [0.25, 0.3) is 0 Å². The molecule has 8 heteroatoms. The SMILES string of the molecule is CN=C(NCC(=O)NCc1ccco1)N1CC(C)OC(c2ccc(F)cc2)C1. The van der Waals surface area contributed by atoms with Crippen LogP contribution in [-0.2, 0) is 16.1 Å². The van der Waals surface area contributed by atoms with Crippen molar-refractivity contribution in [3.05, 3.63) is 59.8 Å². The van der Waals surface area contributed by atoms with Crippen LogP contribution in [0.5, 0.6) is 0 Å². The number of hydrogen-bond donors (Lipinski definition) is 2. The topological polar surface area (TPSA) is 79.1 Å².